The highest BCUT2D eigenvalue weighted by atomic mass is 79.9. The second-order valence-corrected chi connectivity index (χ2v) is 4.88. The molecule has 0 aliphatic carbocycles. The third-order valence-electron chi connectivity index (χ3n) is 2.75. The number of anilines is 1. The average Bonchev–Trinajstić information content (AvgIpc) is 2.31. The maximum atomic E-state index is 11.4. The van der Waals surface area contributed by atoms with Crippen LogP contribution in [-0.2, 0) is 9.53 Å². The lowest BCUT2D eigenvalue weighted by Crippen LogP contribution is -2.23. The van der Waals surface area contributed by atoms with Gasteiger partial charge in [0.2, 0.25) is 0 Å². The summed E-state index contributed by atoms with van der Waals surface area (Å²) in [7, 11) is 1.43. The van der Waals surface area contributed by atoms with Crippen molar-refractivity contribution in [2.75, 3.05) is 19.0 Å². The molecule has 1 aromatic carbocycles. The second-order valence-electron chi connectivity index (χ2n) is 3.97. The molecule has 0 aliphatic heterocycles. The van der Waals surface area contributed by atoms with Crippen molar-refractivity contribution in [3.05, 3.63) is 28.2 Å². The van der Waals surface area contributed by atoms with E-state index in [-0.39, 0.29) is 11.9 Å². The van der Waals surface area contributed by atoms with Crippen molar-refractivity contribution in [2.45, 2.75) is 20.3 Å². The number of aryl methyl sites for hydroxylation is 1. The van der Waals surface area contributed by atoms with Crippen LogP contribution in [0.5, 0.6) is 0 Å². The van der Waals surface area contributed by atoms with Crippen LogP contribution in [-0.4, -0.2) is 19.6 Å². The number of hydrogen-bond acceptors (Lipinski definition) is 3. The number of nitrogens with one attached hydrogen (secondary N) is 1. The fourth-order valence-electron chi connectivity index (χ4n) is 1.62. The Morgan fingerprint density at radius 1 is 1.53 bits per heavy atom. The van der Waals surface area contributed by atoms with E-state index in [9.17, 15) is 4.79 Å². The number of carbonyl (C=O) groups is 1. The monoisotopic (exact) mass is 299 g/mol. The first kappa shape index (κ1) is 14.0. The van der Waals surface area contributed by atoms with Crippen LogP contribution >= 0.6 is 15.9 Å². The molecule has 1 unspecified atom stereocenters. The lowest BCUT2D eigenvalue weighted by molar-refractivity contribution is -0.145. The smallest absolute Gasteiger partial charge is 0.310 e. The van der Waals surface area contributed by atoms with Crippen molar-refractivity contribution in [2.24, 2.45) is 5.92 Å². The van der Waals surface area contributed by atoms with Gasteiger partial charge in [-0.1, -0.05) is 22.9 Å². The van der Waals surface area contributed by atoms with E-state index in [0.717, 1.165) is 22.1 Å². The molecule has 1 atom stereocenters. The van der Waals surface area contributed by atoms with Crippen molar-refractivity contribution in [3.8, 4) is 0 Å². The zero-order chi connectivity index (χ0) is 12.8. The third-order valence-corrected chi connectivity index (χ3v) is 3.25. The van der Waals surface area contributed by atoms with Crippen molar-refractivity contribution < 1.29 is 9.53 Å². The number of methoxy groups -OCH3 is 1. The number of carbonyl (C=O) groups excluding carboxylic acids is 1. The minimum Gasteiger partial charge on any atom is -0.469 e. The zero-order valence-corrected chi connectivity index (χ0v) is 12.0. The molecule has 1 aromatic rings. The first-order valence-corrected chi connectivity index (χ1v) is 6.45. The van der Waals surface area contributed by atoms with Gasteiger partial charge in [-0.25, -0.2) is 0 Å². The van der Waals surface area contributed by atoms with Crippen molar-refractivity contribution >= 4 is 27.6 Å². The van der Waals surface area contributed by atoms with Crippen LogP contribution in [0.4, 0.5) is 5.69 Å². The van der Waals surface area contributed by atoms with Gasteiger partial charge in [-0.15, -0.1) is 0 Å². The van der Waals surface area contributed by atoms with Crippen LogP contribution in [0.3, 0.4) is 0 Å². The highest BCUT2D eigenvalue weighted by Crippen LogP contribution is 2.20. The minimum atomic E-state index is -0.158. The molecule has 0 bridgehead atoms. The summed E-state index contributed by atoms with van der Waals surface area (Å²) in [4.78, 5) is 11.4. The number of halogens is 1. The van der Waals surface area contributed by atoms with Crippen LogP contribution < -0.4 is 5.32 Å². The summed E-state index contributed by atoms with van der Waals surface area (Å²) in [5, 5.41) is 3.28. The molecular weight excluding hydrogens is 282 g/mol. The molecule has 4 heteroatoms. The molecule has 0 fully saturated rings. The fraction of sp³-hybridized carbons (Fsp3) is 0.462. The highest BCUT2D eigenvalue weighted by molar-refractivity contribution is 9.10. The quantitative estimate of drug-likeness (QED) is 0.847. The summed E-state index contributed by atoms with van der Waals surface area (Å²) in [6.45, 7) is 4.62. The molecule has 94 valence electrons. The molecule has 0 aromatic heterocycles. The summed E-state index contributed by atoms with van der Waals surface area (Å²) in [5.74, 6) is -0.252. The van der Waals surface area contributed by atoms with Gasteiger partial charge in [0, 0.05) is 16.7 Å². The standard InChI is InChI=1S/C13H18BrNO2/c1-4-10(13(16)17-3)8-15-12-6-5-11(14)7-9(12)2/h5-7,10,15H,4,8H2,1-3H3. The predicted octanol–water partition coefficient (Wildman–Crippen LogP) is 3.37. The minimum absolute atomic E-state index is 0.0944. The number of benzene rings is 1. The van der Waals surface area contributed by atoms with E-state index in [2.05, 4.69) is 21.2 Å². The fourth-order valence-corrected chi connectivity index (χ4v) is 2.10. The van der Waals surface area contributed by atoms with Gasteiger partial charge in [0.1, 0.15) is 0 Å². The Balaban J connectivity index is 2.62. The number of esters is 1. The molecular formula is C13H18BrNO2. The number of ether oxygens (including phenoxy) is 1. The van der Waals surface area contributed by atoms with Crippen LogP contribution in [0.15, 0.2) is 22.7 Å². The Labute approximate surface area is 111 Å². The molecule has 0 heterocycles. The maximum absolute atomic E-state index is 11.4. The lowest BCUT2D eigenvalue weighted by atomic mass is 10.1. The van der Waals surface area contributed by atoms with Crippen molar-refractivity contribution in [3.63, 3.8) is 0 Å². The predicted molar refractivity (Wildman–Crippen MR) is 73.2 cm³/mol. The largest absolute Gasteiger partial charge is 0.469 e. The molecule has 3 nitrogen and oxygen atoms in total. The van der Waals surface area contributed by atoms with E-state index in [1.54, 1.807) is 0 Å². The van der Waals surface area contributed by atoms with Gasteiger partial charge in [-0.05, 0) is 37.1 Å². The van der Waals surface area contributed by atoms with E-state index in [1.807, 2.05) is 32.0 Å². The molecule has 0 aliphatic rings. The SMILES string of the molecule is CCC(CNc1ccc(Br)cc1C)C(=O)OC. The summed E-state index contributed by atoms with van der Waals surface area (Å²) in [5.41, 5.74) is 2.20. The van der Waals surface area contributed by atoms with Crippen LogP contribution in [0, 0.1) is 12.8 Å². The van der Waals surface area contributed by atoms with Gasteiger partial charge in [-0.2, -0.15) is 0 Å². The van der Waals surface area contributed by atoms with E-state index < -0.39 is 0 Å². The third kappa shape index (κ3) is 4.04. The van der Waals surface area contributed by atoms with Gasteiger partial charge in [-0.3, -0.25) is 4.79 Å². The van der Waals surface area contributed by atoms with Gasteiger partial charge in [0.25, 0.3) is 0 Å². The first-order chi connectivity index (χ1) is 8.08. The van der Waals surface area contributed by atoms with Crippen LogP contribution in [0.25, 0.3) is 0 Å². The first-order valence-electron chi connectivity index (χ1n) is 5.66. The molecule has 0 radical (unpaired) electrons. The van der Waals surface area contributed by atoms with E-state index in [4.69, 9.17) is 4.74 Å². The molecule has 0 saturated carbocycles. The van der Waals surface area contributed by atoms with Gasteiger partial charge in [0.05, 0.1) is 13.0 Å². The molecule has 17 heavy (non-hydrogen) atoms. The van der Waals surface area contributed by atoms with Crippen LogP contribution in [0.2, 0.25) is 0 Å². The van der Waals surface area contributed by atoms with E-state index in [1.165, 1.54) is 7.11 Å². The number of rotatable bonds is 5. The Morgan fingerprint density at radius 3 is 2.76 bits per heavy atom. The normalized spacial score (nSPS) is 12.0. The Hall–Kier alpha value is -1.03. The molecule has 0 spiro atoms. The van der Waals surface area contributed by atoms with Gasteiger partial charge < -0.3 is 10.1 Å². The van der Waals surface area contributed by atoms with Crippen molar-refractivity contribution in [1.82, 2.24) is 0 Å². The highest BCUT2D eigenvalue weighted by Gasteiger charge is 2.16. The Kier molecular flexibility index (Phi) is 5.48. The van der Waals surface area contributed by atoms with Crippen LogP contribution in [0.1, 0.15) is 18.9 Å². The van der Waals surface area contributed by atoms with Gasteiger partial charge >= 0.3 is 5.97 Å². The van der Waals surface area contributed by atoms with Crippen molar-refractivity contribution in [1.29, 1.82) is 0 Å². The topological polar surface area (TPSA) is 38.3 Å². The maximum Gasteiger partial charge on any atom is 0.310 e. The molecule has 0 saturated heterocycles. The summed E-state index contributed by atoms with van der Waals surface area (Å²) < 4.78 is 5.81. The van der Waals surface area contributed by atoms with E-state index >= 15 is 0 Å². The summed E-state index contributed by atoms with van der Waals surface area (Å²) in [6.07, 6.45) is 0.773. The Bertz CT molecular complexity index is 393. The van der Waals surface area contributed by atoms with E-state index in [0.29, 0.717) is 6.54 Å². The summed E-state index contributed by atoms with van der Waals surface area (Å²) in [6, 6.07) is 6.03. The lowest BCUT2D eigenvalue weighted by Gasteiger charge is -2.15. The molecule has 1 N–H and O–H groups in total. The van der Waals surface area contributed by atoms with Gasteiger partial charge in [0.15, 0.2) is 0 Å². The average molecular weight is 300 g/mol. The second kappa shape index (κ2) is 6.64. The zero-order valence-electron chi connectivity index (χ0n) is 10.4. The Morgan fingerprint density at radius 2 is 2.24 bits per heavy atom. The summed E-state index contributed by atoms with van der Waals surface area (Å²) >= 11 is 3.42. The molecule has 1 rings (SSSR count). The number of hydrogen-bond donors (Lipinski definition) is 1. The molecule has 0 amide bonds.